The van der Waals surface area contributed by atoms with Gasteiger partial charge in [-0.25, -0.2) is 0 Å². The van der Waals surface area contributed by atoms with Gasteiger partial charge in [-0.15, -0.1) is 0 Å². The highest BCUT2D eigenvalue weighted by atomic mass is 16.3. The van der Waals surface area contributed by atoms with Gasteiger partial charge in [0.25, 0.3) is 0 Å². The van der Waals surface area contributed by atoms with Crippen molar-refractivity contribution >= 4 is 0 Å². The molecule has 120 valence electrons. The number of nitrogens with zero attached hydrogens (tertiary/aromatic N) is 4. The molecular weight excluding hydrogens is 302 g/mol. The second-order valence-corrected chi connectivity index (χ2v) is 6.35. The Labute approximate surface area is 140 Å². The number of likely N-dealkylation sites (N-methyl/N-ethyl adjacent to an activating group) is 1. The smallest absolute Gasteiger partial charge is 0.194 e. The van der Waals surface area contributed by atoms with E-state index in [1.165, 1.54) is 0 Å². The van der Waals surface area contributed by atoms with Crippen molar-refractivity contribution in [2.75, 3.05) is 20.1 Å². The maximum absolute atomic E-state index is 9.85. The first-order valence-electron chi connectivity index (χ1n) is 7.66. The molecule has 0 amide bonds. The number of nitriles is 3. The molecule has 1 aromatic rings. The molecule has 1 aliphatic carbocycles. The Morgan fingerprint density at radius 1 is 1.29 bits per heavy atom. The highest BCUT2D eigenvalue weighted by Gasteiger charge is 2.55. The van der Waals surface area contributed by atoms with E-state index < -0.39 is 11.3 Å². The van der Waals surface area contributed by atoms with Crippen LogP contribution in [-0.4, -0.2) is 25.0 Å². The van der Waals surface area contributed by atoms with Gasteiger partial charge in [-0.2, -0.15) is 15.8 Å². The lowest BCUT2D eigenvalue weighted by atomic mass is 9.59. The topological polar surface area (TPSA) is 114 Å². The Balaban J connectivity index is 2.33. The largest absolute Gasteiger partial charge is 0.466 e. The third kappa shape index (κ3) is 2.03. The predicted molar refractivity (Wildman–Crippen MR) is 85.7 cm³/mol. The van der Waals surface area contributed by atoms with Gasteiger partial charge in [-0.05, 0) is 31.7 Å². The quantitative estimate of drug-likeness (QED) is 0.846. The fourth-order valence-electron chi connectivity index (χ4n) is 3.75. The van der Waals surface area contributed by atoms with E-state index >= 15 is 0 Å². The van der Waals surface area contributed by atoms with Crippen LogP contribution in [0.1, 0.15) is 17.4 Å². The molecule has 0 aromatic carbocycles. The van der Waals surface area contributed by atoms with Crippen molar-refractivity contribution in [2.24, 2.45) is 17.1 Å². The summed E-state index contributed by atoms with van der Waals surface area (Å²) in [6.45, 7) is 3.14. The minimum absolute atomic E-state index is 0.0288. The lowest BCUT2D eigenvalue weighted by molar-refractivity contribution is 0.217. The Morgan fingerprint density at radius 2 is 2.00 bits per heavy atom. The fourth-order valence-corrected chi connectivity index (χ4v) is 3.75. The Hall–Kier alpha value is -3.01. The molecule has 24 heavy (non-hydrogen) atoms. The number of furan rings is 1. The molecule has 0 spiro atoms. The fraction of sp³-hybridized carbons (Fsp3) is 0.389. The van der Waals surface area contributed by atoms with Gasteiger partial charge in [0.05, 0.1) is 29.3 Å². The maximum Gasteiger partial charge on any atom is 0.194 e. The molecule has 3 rings (SSSR count). The molecule has 0 bridgehead atoms. The average Bonchev–Trinajstić information content (AvgIpc) is 3.00. The molecular formula is C18H17N5O. The highest BCUT2D eigenvalue weighted by molar-refractivity contribution is 5.58. The summed E-state index contributed by atoms with van der Waals surface area (Å²) >= 11 is 0. The predicted octanol–water partition coefficient (Wildman–Crippen LogP) is 1.94. The van der Waals surface area contributed by atoms with E-state index in [0.717, 1.165) is 5.57 Å². The van der Waals surface area contributed by atoms with Crippen molar-refractivity contribution in [3.8, 4) is 18.2 Å². The Morgan fingerprint density at radius 3 is 2.54 bits per heavy atom. The van der Waals surface area contributed by atoms with E-state index in [9.17, 15) is 15.8 Å². The first kappa shape index (κ1) is 15.9. The molecule has 1 aliphatic heterocycles. The number of hydrogen-bond acceptors (Lipinski definition) is 6. The zero-order chi connectivity index (χ0) is 17.5. The summed E-state index contributed by atoms with van der Waals surface area (Å²) in [4.78, 5) is 2.09. The summed E-state index contributed by atoms with van der Waals surface area (Å²) < 4.78 is 5.77. The van der Waals surface area contributed by atoms with Crippen molar-refractivity contribution in [1.29, 1.82) is 15.8 Å². The van der Waals surface area contributed by atoms with E-state index in [1.54, 1.807) is 6.07 Å². The van der Waals surface area contributed by atoms with Crippen molar-refractivity contribution in [2.45, 2.75) is 12.8 Å². The lowest BCUT2D eigenvalue weighted by Gasteiger charge is -2.43. The van der Waals surface area contributed by atoms with Crippen LogP contribution in [0, 0.1) is 52.2 Å². The maximum atomic E-state index is 9.85. The monoisotopic (exact) mass is 319 g/mol. The van der Waals surface area contributed by atoms with Crippen molar-refractivity contribution in [3.63, 3.8) is 0 Å². The molecule has 6 heteroatoms. The summed E-state index contributed by atoms with van der Waals surface area (Å²) in [5.74, 6) is 0.516. The number of allylic oxidation sites excluding steroid dienone is 2. The number of hydrogen-bond donors (Lipinski definition) is 1. The summed E-state index contributed by atoms with van der Waals surface area (Å²) in [6, 6.07) is 9.88. The summed E-state index contributed by atoms with van der Waals surface area (Å²) in [5.41, 5.74) is 5.67. The van der Waals surface area contributed by atoms with Crippen molar-refractivity contribution < 1.29 is 4.42 Å². The molecule has 0 fully saturated rings. The first-order valence-corrected chi connectivity index (χ1v) is 7.66. The van der Waals surface area contributed by atoms with Crippen LogP contribution in [0.15, 0.2) is 39.5 Å². The Bertz CT molecular complexity index is 856. The van der Waals surface area contributed by atoms with Crippen molar-refractivity contribution in [1.82, 2.24) is 4.90 Å². The molecule has 2 heterocycles. The first-order chi connectivity index (χ1) is 11.5. The molecule has 6 nitrogen and oxygen atoms in total. The number of aryl methyl sites for hydroxylation is 1. The van der Waals surface area contributed by atoms with Gasteiger partial charge < -0.3 is 15.1 Å². The minimum atomic E-state index is -1.62. The summed E-state index contributed by atoms with van der Waals surface area (Å²) in [7, 11) is 1.96. The average molecular weight is 319 g/mol. The van der Waals surface area contributed by atoms with Crippen LogP contribution in [0.2, 0.25) is 0 Å². The van der Waals surface area contributed by atoms with Crippen LogP contribution in [0.4, 0.5) is 0 Å². The third-order valence-corrected chi connectivity index (χ3v) is 4.91. The minimum Gasteiger partial charge on any atom is -0.466 e. The van der Waals surface area contributed by atoms with Crippen LogP contribution < -0.4 is 5.73 Å². The molecule has 2 N–H and O–H groups in total. The van der Waals surface area contributed by atoms with Crippen molar-refractivity contribution in [3.05, 3.63) is 46.6 Å². The van der Waals surface area contributed by atoms with E-state index in [4.69, 9.17) is 10.2 Å². The van der Waals surface area contributed by atoms with Gasteiger partial charge in [0.2, 0.25) is 0 Å². The summed E-state index contributed by atoms with van der Waals surface area (Å²) in [6.07, 6.45) is 1.96. The second-order valence-electron chi connectivity index (χ2n) is 6.35. The molecule has 0 saturated heterocycles. The SMILES string of the molecule is Cc1ccc([C@@H]2[C@@H]3CN(C)CC=C3C(C#N)=C(N)C2(C#N)C#N)o1. The molecule has 0 radical (unpaired) electrons. The second kappa shape index (κ2) is 5.57. The number of nitrogens with two attached hydrogens (primary N) is 1. The van der Waals surface area contributed by atoms with Gasteiger partial charge in [-0.3, -0.25) is 0 Å². The van der Waals surface area contributed by atoms with Gasteiger partial charge >= 0.3 is 0 Å². The normalized spacial score (nSPS) is 25.9. The van der Waals surface area contributed by atoms with Crippen LogP contribution in [0.25, 0.3) is 0 Å². The van der Waals surface area contributed by atoms with Crippen LogP contribution in [-0.2, 0) is 0 Å². The standard InChI is InChI=1S/C18H17N5O/c1-11-3-4-15(24-11)16-14-8-23(2)6-5-12(14)13(7-19)17(22)18(16,9-20)10-21/h3-5,14,16H,6,8,22H2,1-2H3/t14-,16+/m1/s1. The zero-order valence-electron chi connectivity index (χ0n) is 13.6. The van der Waals surface area contributed by atoms with Gasteiger partial charge in [-0.1, -0.05) is 6.08 Å². The van der Waals surface area contributed by atoms with Crippen LogP contribution in [0.5, 0.6) is 0 Å². The van der Waals surface area contributed by atoms with Crippen LogP contribution in [0.3, 0.4) is 0 Å². The summed E-state index contributed by atoms with van der Waals surface area (Å²) in [5, 5.41) is 29.3. The van der Waals surface area contributed by atoms with E-state index in [2.05, 4.69) is 23.1 Å². The highest BCUT2D eigenvalue weighted by Crippen LogP contribution is 2.54. The van der Waals surface area contributed by atoms with Gasteiger partial charge in [0, 0.05) is 19.0 Å². The Kier molecular flexibility index (Phi) is 3.68. The van der Waals surface area contributed by atoms with E-state index in [0.29, 0.717) is 24.6 Å². The van der Waals surface area contributed by atoms with E-state index in [1.807, 2.05) is 26.1 Å². The number of fused-ring (bicyclic) bond motifs is 1. The van der Waals surface area contributed by atoms with Crippen LogP contribution >= 0.6 is 0 Å². The molecule has 2 atom stereocenters. The lowest BCUT2D eigenvalue weighted by Crippen LogP contribution is -2.47. The number of rotatable bonds is 1. The van der Waals surface area contributed by atoms with Gasteiger partial charge in [0.1, 0.15) is 17.6 Å². The zero-order valence-corrected chi connectivity index (χ0v) is 13.6. The molecule has 2 aliphatic rings. The molecule has 1 aromatic heterocycles. The third-order valence-electron chi connectivity index (χ3n) is 4.91. The van der Waals surface area contributed by atoms with E-state index in [-0.39, 0.29) is 17.2 Å². The molecule has 0 saturated carbocycles. The molecule has 0 unspecified atom stereocenters. The van der Waals surface area contributed by atoms with Gasteiger partial charge in [0.15, 0.2) is 5.41 Å².